The van der Waals surface area contributed by atoms with Crippen molar-refractivity contribution >= 4 is 50.5 Å². The first-order valence-corrected chi connectivity index (χ1v) is 7.93. The Labute approximate surface area is 134 Å². The molecule has 0 radical (unpaired) electrons. The van der Waals surface area contributed by atoms with Crippen LogP contribution in [0.1, 0.15) is 17.2 Å². The summed E-state index contributed by atoms with van der Waals surface area (Å²) in [6.07, 6.45) is 0. The Balaban J connectivity index is 2.47. The van der Waals surface area contributed by atoms with Gasteiger partial charge < -0.3 is 10.1 Å². The maximum Gasteiger partial charge on any atom is 0.138 e. The molecule has 0 aliphatic heterocycles. The van der Waals surface area contributed by atoms with E-state index >= 15 is 0 Å². The van der Waals surface area contributed by atoms with Crippen LogP contribution in [0.5, 0.6) is 5.75 Å². The summed E-state index contributed by atoms with van der Waals surface area (Å²) in [4.78, 5) is 0. The third-order valence-corrected chi connectivity index (χ3v) is 4.94. The van der Waals surface area contributed by atoms with Crippen molar-refractivity contribution in [2.45, 2.75) is 6.04 Å². The van der Waals surface area contributed by atoms with E-state index in [0.717, 1.165) is 14.9 Å². The number of thiophene rings is 1. The lowest BCUT2D eigenvalue weighted by atomic mass is 10.0. The molecule has 1 N–H and O–H groups in total. The molecule has 0 saturated heterocycles. The number of nitrogens with one attached hydrogen (secondary N) is 1. The van der Waals surface area contributed by atoms with Crippen molar-refractivity contribution in [3.05, 3.63) is 48.5 Å². The number of rotatable bonds is 4. The SMILES string of the molecule is CNC(c1csc(Br)c1)c1cc(Cl)c(OC)cc1Cl. The van der Waals surface area contributed by atoms with Crippen molar-refractivity contribution in [2.24, 2.45) is 0 Å². The van der Waals surface area contributed by atoms with Crippen LogP contribution < -0.4 is 10.1 Å². The minimum atomic E-state index is -0.00143. The third kappa shape index (κ3) is 3.26. The van der Waals surface area contributed by atoms with Crippen LogP contribution in [-0.4, -0.2) is 14.2 Å². The highest BCUT2D eigenvalue weighted by Crippen LogP contribution is 2.37. The van der Waals surface area contributed by atoms with Gasteiger partial charge in [0, 0.05) is 11.1 Å². The third-order valence-electron chi connectivity index (χ3n) is 2.79. The van der Waals surface area contributed by atoms with E-state index in [1.807, 2.05) is 13.1 Å². The van der Waals surface area contributed by atoms with Crippen molar-refractivity contribution in [2.75, 3.05) is 14.2 Å². The van der Waals surface area contributed by atoms with Gasteiger partial charge in [0.1, 0.15) is 5.75 Å². The van der Waals surface area contributed by atoms with Crippen molar-refractivity contribution < 1.29 is 4.74 Å². The first-order valence-electron chi connectivity index (χ1n) is 5.51. The number of hydrogen-bond acceptors (Lipinski definition) is 3. The normalized spacial score (nSPS) is 12.5. The highest BCUT2D eigenvalue weighted by Gasteiger charge is 2.18. The van der Waals surface area contributed by atoms with Gasteiger partial charge in [-0.3, -0.25) is 0 Å². The molecule has 0 bridgehead atoms. The molecule has 2 aromatic rings. The fourth-order valence-corrected chi connectivity index (χ4v) is 3.61. The lowest BCUT2D eigenvalue weighted by Crippen LogP contribution is -2.17. The molecule has 2 rings (SSSR count). The second kappa shape index (κ2) is 6.46. The lowest BCUT2D eigenvalue weighted by Gasteiger charge is -2.18. The monoisotopic (exact) mass is 379 g/mol. The first-order chi connectivity index (χ1) is 9.06. The molecule has 2 nitrogen and oxygen atoms in total. The van der Waals surface area contributed by atoms with Crippen molar-refractivity contribution in [3.63, 3.8) is 0 Å². The highest BCUT2D eigenvalue weighted by molar-refractivity contribution is 9.11. The molecule has 1 unspecified atom stereocenters. The van der Waals surface area contributed by atoms with Crippen LogP contribution in [0, 0.1) is 0 Å². The van der Waals surface area contributed by atoms with E-state index in [0.29, 0.717) is 15.8 Å². The summed E-state index contributed by atoms with van der Waals surface area (Å²) in [6.45, 7) is 0. The molecule has 1 aromatic carbocycles. The number of halogens is 3. The fourth-order valence-electron chi connectivity index (χ4n) is 1.90. The Hall–Kier alpha value is -0.260. The maximum atomic E-state index is 6.32. The molecule has 1 aromatic heterocycles. The van der Waals surface area contributed by atoms with Gasteiger partial charge in [-0.15, -0.1) is 11.3 Å². The first kappa shape index (κ1) is 15.1. The van der Waals surface area contributed by atoms with E-state index < -0.39 is 0 Å². The van der Waals surface area contributed by atoms with Crippen LogP contribution in [0.2, 0.25) is 10.0 Å². The Kier molecular flexibility index (Phi) is 5.15. The Morgan fingerprint density at radius 3 is 2.53 bits per heavy atom. The van der Waals surface area contributed by atoms with Crippen LogP contribution in [0.4, 0.5) is 0 Å². The average molecular weight is 381 g/mol. The van der Waals surface area contributed by atoms with Gasteiger partial charge in [-0.2, -0.15) is 0 Å². The van der Waals surface area contributed by atoms with Crippen molar-refractivity contribution in [3.8, 4) is 5.75 Å². The maximum absolute atomic E-state index is 6.32. The standard InChI is InChI=1S/C13H12BrCl2NOS/c1-17-13(7-3-12(14)19-6-7)8-4-10(16)11(18-2)5-9(8)15/h3-6,13,17H,1-2H3. The van der Waals surface area contributed by atoms with Crippen LogP contribution in [0.15, 0.2) is 27.4 Å². The molecule has 0 fully saturated rings. The molecule has 0 amide bonds. The zero-order valence-corrected chi connectivity index (χ0v) is 14.3. The Bertz CT molecular complexity index is 588. The number of hydrogen-bond donors (Lipinski definition) is 1. The Morgan fingerprint density at radius 2 is 2.00 bits per heavy atom. The molecule has 6 heteroatoms. The van der Waals surface area contributed by atoms with Crippen molar-refractivity contribution in [1.82, 2.24) is 5.32 Å². The molecule has 1 atom stereocenters. The van der Waals surface area contributed by atoms with Gasteiger partial charge in [0.15, 0.2) is 0 Å². The topological polar surface area (TPSA) is 21.3 Å². The molecule has 0 spiro atoms. The summed E-state index contributed by atoms with van der Waals surface area (Å²) in [5.41, 5.74) is 2.07. The highest BCUT2D eigenvalue weighted by atomic mass is 79.9. The fraction of sp³-hybridized carbons (Fsp3) is 0.231. The summed E-state index contributed by atoms with van der Waals surface area (Å²) >= 11 is 17.6. The zero-order chi connectivity index (χ0) is 14.0. The molecule has 0 aliphatic rings. The molecule has 102 valence electrons. The minimum Gasteiger partial charge on any atom is -0.495 e. The van der Waals surface area contributed by atoms with Gasteiger partial charge in [-0.25, -0.2) is 0 Å². The summed E-state index contributed by atoms with van der Waals surface area (Å²) < 4.78 is 6.24. The summed E-state index contributed by atoms with van der Waals surface area (Å²) in [6, 6.07) is 5.65. The average Bonchev–Trinajstić information content (AvgIpc) is 2.80. The molecule has 0 aliphatic carbocycles. The summed E-state index contributed by atoms with van der Waals surface area (Å²) in [5, 5.41) is 6.52. The zero-order valence-electron chi connectivity index (χ0n) is 10.3. The molecule has 19 heavy (non-hydrogen) atoms. The molecular weight excluding hydrogens is 369 g/mol. The van der Waals surface area contributed by atoms with Gasteiger partial charge in [0.2, 0.25) is 0 Å². The van der Waals surface area contributed by atoms with E-state index in [1.165, 1.54) is 0 Å². The molecular formula is C13H12BrCl2NOS. The predicted octanol–water partition coefficient (Wildman–Crippen LogP) is 5.13. The quantitative estimate of drug-likeness (QED) is 0.793. The van der Waals surface area contributed by atoms with Gasteiger partial charge >= 0.3 is 0 Å². The van der Waals surface area contributed by atoms with Gasteiger partial charge in [-0.05, 0) is 51.6 Å². The van der Waals surface area contributed by atoms with Gasteiger partial charge in [-0.1, -0.05) is 23.2 Å². The van der Waals surface area contributed by atoms with Gasteiger partial charge in [0.25, 0.3) is 0 Å². The van der Waals surface area contributed by atoms with Gasteiger partial charge in [0.05, 0.1) is 22.0 Å². The second-order valence-corrected chi connectivity index (χ2v) is 7.02. The van der Waals surface area contributed by atoms with Crippen LogP contribution in [-0.2, 0) is 0 Å². The largest absolute Gasteiger partial charge is 0.495 e. The van der Waals surface area contributed by atoms with E-state index in [2.05, 4.69) is 32.7 Å². The van der Waals surface area contributed by atoms with Crippen LogP contribution >= 0.6 is 50.5 Å². The molecule has 0 saturated carbocycles. The smallest absolute Gasteiger partial charge is 0.138 e. The second-order valence-electron chi connectivity index (χ2n) is 3.91. The van der Waals surface area contributed by atoms with Crippen LogP contribution in [0.3, 0.4) is 0 Å². The number of methoxy groups -OCH3 is 1. The van der Waals surface area contributed by atoms with E-state index in [1.54, 1.807) is 24.5 Å². The lowest BCUT2D eigenvalue weighted by molar-refractivity contribution is 0.415. The summed E-state index contributed by atoms with van der Waals surface area (Å²) in [5.74, 6) is 0.580. The number of benzene rings is 1. The number of ether oxygens (including phenoxy) is 1. The van der Waals surface area contributed by atoms with Crippen LogP contribution in [0.25, 0.3) is 0 Å². The van der Waals surface area contributed by atoms with E-state index in [9.17, 15) is 0 Å². The van der Waals surface area contributed by atoms with E-state index in [-0.39, 0.29) is 6.04 Å². The van der Waals surface area contributed by atoms with E-state index in [4.69, 9.17) is 27.9 Å². The minimum absolute atomic E-state index is 0.00143. The molecule has 1 heterocycles. The summed E-state index contributed by atoms with van der Waals surface area (Å²) in [7, 11) is 3.47. The predicted molar refractivity (Wildman–Crippen MR) is 85.9 cm³/mol. The van der Waals surface area contributed by atoms with Crippen molar-refractivity contribution in [1.29, 1.82) is 0 Å². The Morgan fingerprint density at radius 1 is 1.26 bits per heavy atom.